The zero-order valence-corrected chi connectivity index (χ0v) is 15.6. The van der Waals surface area contributed by atoms with Gasteiger partial charge in [-0.25, -0.2) is 0 Å². The largest absolute Gasteiger partial charge is 0.384 e. The van der Waals surface area contributed by atoms with Crippen molar-refractivity contribution in [3.8, 4) is 0 Å². The Labute approximate surface area is 162 Å². The van der Waals surface area contributed by atoms with Gasteiger partial charge in [-0.3, -0.25) is 4.90 Å². The Hall–Kier alpha value is -2.84. The first-order chi connectivity index (χ1) is 13.4. The highest BCUT2D eigenvalue weighted by Gasteiger charge is 2.27. The molecule has 0 unspecified atom stereocenters. The molecular formula is C25H26N2. The van der Waals surface area contributed by atoms with Crippen molar-refractivity contribution in [2.24, 2.45) is 5.92 Å². The van der Waals surface area contributed by atoms with Gasteiger partial charge >= 0.3 is 0 Å². The third kappa shape index (κ3) is 4.87. The minimum atomic E-state index is 0.522. The van der Waals surface area contributed by atoms with Gasteiger partial charge in [0.1, 0.15) is 0 Å². The zero-order valence-electron chi connectivity index (χ0n) is 15.6. The highest BCUT2D eigenvalue weighted by Crippen LogP contribution is 2.27. The Bertz CT molecular complexity index is 857. The molecule has 0 aromatic heterocycles. The Morgan fingerprint density at radius 2 is 1.44 bits per heavy atom. The van der Waals surface area contributed by atoms with E-state index in [-0.39, 0.29) is 0 Å². The van der Waals surface area contributed by atoms with Crippen LogP contribution in [0.3, 0.4) is 0 Å². The van der Waals surface area contributed by atoms with Crippen LogP contribution in [0.15, 0.2) is 96.6 Å². The maximum absolute atomic E-state index is 3.62. The summed E-state index contributed by atoms with van der Waals surface area (Å²) in [5, 5.41) is 3.62. The normalized spacial score (nSPS) is 18.7. The van der Waals surface area contributed by atoms with E-state index in [1.165, 1.54) is 22.4 Å². The number of rotatable bonds is 6. The van der Waals surface area contributed by atoms with E-state index in [1.54, 1.807) is 0 Å². The molecule has 1 fully saturated rings. The number of hydrogen-bond donors (Lipinski definition) is 1. The molecule has 1 saturated heterocycles. The molecule has 0 saturated carbocycles. The summed E-state index contributed by atoms with van der Waals surface area (Å²) in [4.78, 5) is 2.56. The number of hydrogen-bond acceptors (Lipinski definition) is 2. The van der Waals surface area contributed by atoms with Gasteiger partial charge in [-0.15, -0.1) is 0 Å². The van der Waals surface area contributed by atoms with Crippen LogP contribution in [-0.4, -0.2) is 24.5 Å². The highest BCUT2D eigenvalue weighted by molar-refractivity contribution is 5.55. The van der Waals surface area contributed by atoms with Gasteiger partial charge in [0.2, 0.25) is 0 Å². The van der Waals surface area contributed by atoms with E-state index in [1.807, 2.05) is 0 Å². The van der Waals surface area contributed by atoms with Crippen LogP contribution in [0.1, 0.15) is 11.1 Å². The third-order valence-corrected chi connectivity index (χ3v) is 5.14. The van der Waals surface area contributed by atoms with E-state index in [2.05, 4.69) is 107 Å². The summed E-state index contributed by atoms with van der Waals surface area (Å²) in [6, 6.07) is 31.9. The van der Waals surface area contributed by atoms with Gasteiger partial charge in [0.15, 0.2) is 0 Å². The molecular weight excluding hydrogens is 328 g/mol. The van der Waals surface area contributed by atoms with Crippen molar-refractivity contribution in [1.29, 1.82) is 0 Å². The van der Waals surface area contributed by atoms with Gasteiger partial charge in [0.05, 0.1) is 0 Å². The maximum Gasteiger partial charge on any atom is 0.0340 e. The minimum absolute atomic E-state index is 0.522. The fourth-order valence-corrected chi connectivity index (χ4v) is 3.76. The predicted molar refractivity (Wildman–Crippen MR) is 115 cm³/mol. The van der Waals surface area contributed by atoms with E-state index in [4.69, 9.17) is 0 Å². The molecule has 1 aliphatic heterocycles. The quantitative estimate of drug-likeness (QED) is 0.645. The second-order valence-electron chi connectivity index (χ2n) is 7.23. The monoisotopic (exact) mass is 354 g/mol. The number of para-hydroxylation sites is 1. The number of nitrogens with zero attached hydrogens (tertiary/aromatic N) is 1. The molecule has 1 N–H and O–H groups in total. The standard InChI is InChI=1S/C25H26N2/c1-4-10-21(11-5-1)16-23-19-27(18-22-12-6-2-7-13-22)20-24(23)17-26-25-14-8-3-9-15-25/h1-16,24,26H,17-20H2/b23-16+/t24-/m0/s1. The molecule has 136 valence electrons. The van der Waals surface area contributed by atoms with Crippen molar-refractivity contribution < 1.29 is 0 Å². The summed E-state index contributed by atoms with van der Waals surface area (Å²) >= 11 is 0. The molecule has 2 nitrogen and oxygen atoms in total. The SMILES string of the molecule is C(=C1/CN(Cc2ccccc2)C[C@@H]1CNc1ccccc1)/c1ccccc1. The molecule has 0 bridgehead atoms. The Kier molecular flexibility index (Phi) is 5.66. The molecule has 1 heterocycles. The molecule has 0 amide bonds. The Morgan fingerprint density at radius 1 is 0.815 bits per heavy atom. The molecule has 3 aromatic rings. The summed E-state index contributed by atoms with van der Waals surface area (Å²) in [7, 11) is 0. The van der Waals surface area contributed by atoms with E-state index in [9.17, 15) is 0 Å². The minimum Gasteiger partial charge on any atom is -0.384 e. The van der Waals surface area contributed by atoms with E-state index >= 15 is 0 Å². The summed E-state index contributed by atoms with van der Waals surface area (Å²) in [6.45, 7) is 4.10. The molecule has 0 aliphatic carbocycles. The van der Waals surface area contributed by atoms with Crippen molar-refractivity contribution in [2.45, 2.75) is 6.54 Å². The molecule has 4 rings (SSSR count). The van der Waals surface area contributed by atoms with Crippen LogP contribution < -0.4 is 5.32 Å². The van der Waals surface area contributed by atoms with Crippen molar-refractivity contribution in [1.82, 2.24) is 4.90 Å². The number of likely N-dealkylation sites (tertiary alicyclic amines) is 1. The van der Waals surface area contributed by atoms with Gasteiger partial charge in [0.25, 0.3) is 0 Å². The number of benzene rings is 3. The van der Waals surface area contributed by atoms with E-state index in [0.717, 1.165) is 26.2 Å². The summed E-state index contributed by atoms with van der Waals surface area (Å²) in [5.41, 5.74) is 5.38. The topological polar surface area (TPSA) is 15.3 Å². The first-order valence-corrected chi connectivity index (χ1v) is 9.67. The van der Waals surface area contributed by atoms with Gasteiger partial charge < -0.3 is 5.32 Å². The molecule has 27 heavy (non-hydrogen) atoms. The lowest BCUT2D eigenvalue weighted by molar-refractivity contribution is 0.320. The van der Waals surface area contributed by atoms with Gasteiger partial charge in [-0.1, -0.05) is 84.9 Å². The zero-order chi connectivity index (χ0) is 18.3. The van der Waals surface area contributed by atoms with Gasteiger partial charge in [-0.2, -0.15) is 0 Å². The molecule has 0 radical (unpaired) electrons. The van der Waals surface area contributed by atoms with Crippen molar-refractivity contribution in [3.05, 3.63) is 108 Å². The van der Waals surface area contributed by atoms with Crippen LogP contribution in [0.2, 0.25) is 0 Å². The molecule has 1 atom stereocenters. The highest BCUT2D eigenvalue weighted by atomic mass is 15.2. The molecule has 3 aromatic carbocycles. The lowest BCUT2D eigenvalue weighted by Crippen LogP contribution is -2.22. The second kappa shape index (κ2) is 8.70. The predicted octanol–water partition coefficient (Wildman–Crippen LogP) is 5.31. The summed E-state index contributed by atoms with van der Waals surface area (Å²) in [6.07, 6.45) is 2.38. The van der Waals surface area contributed by atoms with E-state index < -0.39 is 0 Å². The van der Waals surface area contributed by atoms with Crippen molar-refractivity contribution in [3.63, 3.8) is 0 Å². The number of anilines is 1. The van der Waals surface area contributed by atoms with Crippen LogP contribution in [0.25, 0.3) is 6.08 Å². The lowest BCUT2D eigenvalue weighted by Gasteiger charge is -2.16. The molecule has 2 heteroatoms. The van der Waals surface area contributed by atoms with Crippen LogP contribution in [-0.2, 0) is 6.54 Å². The fraction of sp³-hybridized carbons (Fsp3) is 0.200. The Morgan fingerprint density at radius 3 is 2.15 bits per heavy atom. The van der Waals surface area contributed by atoms with Gasteiger partial charge in [-0.05, 0) is 28.8 Å². The van der Waals surface area contributed by atoms with Gasteiger partial charge in [0, 0.05) is 37.8 Å². The fourth-order valence-electron chi connectivity index (χ4n) is 3.76. The second-order valence-corrected chi connectivity index (χ2v) is 7.23. The summed E-state index contributed by atoms with van der Waals surface area (Å²) in [5.74, 6) is 0.522. The Balaban J connectivity index is 1.49. The average molecular weight is 354 g/mol. The first kappa shape index (κ1) is 17.6. The first-order valence-electron chi connectivity index (χ1n) is 9.67. The van der Waals surface area contributed by atoms with Crippen LogP contribution in [0.4, 0.5) is 5.69 Å². The third-order valence-electron chi connectivity index (χ3n) is 5.14. The van der Waals surface area contributed by atoms with E-state index in [0.29, 0.717) is 5.92 Å². The van der Waals surface area contributed by atoms with Crippen LogP contribution in [0, 0.1) is 5.92 Å². The number of nitrogens with one attached hydrogen (secondary N) is 1. The average Bonchev–Trinajstić information content (AvgIpc) is 3.10. The smallest absolute Gasteiger partial charge is 0.0340 e. The summed E-state index contributed by atoms with van der Waals surface area (Å²) < 4.78 is 0. The van der Waals surface area contributed by atoms with Crippen LogP contribution in [0.5, 0.6) is 0 Å². The van der Waals surface area contributed by atoms with Crippen LogP contribution >= 0.6 is 0 Å². The lowest BCUT2D eigenvalue weighted by atomic mass is 10.00. The van der Waals surface area contributed by atoms with Crippen molar-refractivity contribution >= 4 is 11.8 Å². The molecule has 1 aliphatic rings. The molecule has 0 spiro atoms. The van der Waals surface area contributed by atoms with Crippen molar-refractivity contribution in [2.75, 3.05) is 25.0 Å². The maximum atomic E-state index is 3.62.